The molecule has 0 aromatic carbocycles. The van der Waals surface area contributed by atoms with E-state index >= 15 is 0 Å². The molecule has 2 atom stereocenters. The highest BCUT2D eigenvalue weighted by atomic mass is 32.1. The Bertz CT molecular complexity index is 1240. The van der Waals surface area contributed by atoms with E-state index in [1.54, 1.807) is 23.8 Å². The molecule has 7 nitrogen and oxygen atoms in total. The van der Waals surface area contributed by atoms with Gasteiger partial charge >= 0.3 is 0 Å². The lowest BCUT2D eigenvalue weighted by molar-refractivity contribution is 0.467. The van der Waals surface area contributed by atoms with Crippen LogP contribution in [0.3, 0.4) is 0 Å². The van der Waals surface area contributed by atoms with Crippen molar-refractivity contribution in [2.75, 3.05) is 6.66 Å². The van der Waals surface area contributed by atoms with Gasteiger partial charge in [-0.15, -0.1) is 21.5 Å². The van der Waals surface area contributed by atoms with Gasteiger partial charge in [0.05, 0.1) is 23.8 Å². The van der Waals surface area contributed by atoms with E-state index in [1.165, 1.54) is 10.4 Å². The fourth-order valence-electron chi connectivity index (χ4n) is 3.73. The summed E-state index contributed by atoms with van der Waals surface area (Å²) >= 11 is 1.75. The van der Waals surface area contributed by atoms with Crippen LogP contribution < -0.4 is 5.44 Å². The molecule has 9 heteroatoms. The number of hydrogen-bond donors (Lipinski definition) is 0. The highest BCUT2D eigenvalue weighted by Gasteiger charge is 2.32. The molecule has 0 bridgehead atoms. The van der Waals surface area contributed by atoms with E-state index < -0.39 is 0 Å². The van der Waals surface area contributed by atoms with Crippen molar-refractivity contribution in [3.05, 3.63) is 69.9 Å². The van der Waals surface area contributed by atoms with Gasteiger partial charge in [-0.2, -0.15) is 0 Å². The molecule has 4 aromatic rings. The second-order valence-corrected chi connectivity index (χ2v) is 9.43. The third-order valence-corrected chi connectivity index (χ3v) is 7.38. The van der Waals surface area contributed by atoms with Crippen LogP contribution in [0.5, 0.6) is 0 Å². The molecule has 5 heterocycles. The van der Waals surface area contributed by atoms with E-state index in [1.807, 2.05) is 13.1 Å². The Kier molecular flexibility index (Phi) is 4.83. The van der Waals surface area contributed by atoms with Crippen molar-refractivity contribution in [3.63, 3.8) is 0 Å². The predicted octanol–water partition coefficient (Wildman–Crippen LogP) is 3.71. The van der Waals surface area contributed by atoms with Gasteiger partial charge in [-0.1, -0.05) is 8.58 Å². The summed E-state index contributed by atoms with van der Waals surface area (Å²) < 4.78 is 7.66. The molecule has 0 N–H and O–H groups in total. The molecule has 4 aromatic heterocycles. The maximum atomic E-state index is 5.52. The minimum Gasteiger partial charge on any atom is -0.449 e. The number of oxazole rings is 1. The largest absolute Gasteiger partial charge is 0.449 e. The molecule has 152 valence electrons. The van der Waals surface area contributed by atoms with Crippen molar-refractivity contribution in [3.8, 4) is 5.00 Å². The summed E-state index contributed by atoms with van der Waals surface area (Å²) in [6.07, 6.45) is 5.70. The number of pyridine rings is 1. The molecule has 0 fully saturated rings. The van der Waals surface area contributed by atoms with Gasteiger partial charge in [0.25, 0.3) is 0 Å². The molecule has 5 rings (SSSR count). The van der Waals surface area contributed by atoms with E-state index in [2.05, 4.69) is 57.4 Å². The molecule has 0 amide bonds. The quantitative estimate of drug-likeness (QED) is 0.456. The molecular weight excluding hydrogens is 415 g/mol. The molecule has 30 heavy (non-hydrogen) atoms. The van der Waals surface area contributed by atoms with Gasteiger partial charge in [-0.3, -0.25) is 14.5 Å². The van der Waals surface area contributed by atoms with Gasteiger partial charge in [0, 0.05) is 22.2 Å². The molecule has 0 saturated carbocycles. The summed E-state index contributed by atoms with van der Waals surface area (Å²) in [6.45, 7) is 8.42. The van der Waals surface area contributed by atoms with Crippen LogP contribution >= 0.6 is 19.9 Å². The Hall–Kier alpha value is -2.70. The lowest BCUT2D eigenvalue weighted by atomic mass is 10.0. The Morgan fingerprint density at radius 3 is 2.73 bits per heavy atom. The van der Waals surface area contributed by atoms with Crippen LogP contribution in [-0.4, -0.2) is 37.1 Å². The summed E-state index contributed by atoms with van der Waals surface area (Å²) in [5.41, 5.74) is 5.39. The molecule has 2 unspecified atom stereocenters. The minimum absolute atomic E-state index is 0.258. The van der Waals surface area contributed by atoms with Gasteiger partial charge in [-0.05, 0) is 45.1 Å². The average molecular weight is 436 g/mol. The van der Waals surface area contributed by atoms with Gasteiger partial charge in [0.15, 0.2) is 11.7 Å². The fraction of sp³-hybridized carbons (Fsp3) is 0.286. The van der Waals surface area contributed by atoms with Crippen molar-refractivity contribution in [2.24, 2.45) is 4.99 Å². The van der Waals surface area contributed by atoms with E-state index in [9.17, 15) is 0 Å². The SMILES string of the molecule is CPc1ccc(C2=NC(Cc3ncco3)c3nnc(C)n3-c3sc(C)c(C)c32)cn1. The number of aromatic nitrogens is 5. The molecular formula is C21H21N6OPS. The number of hydrogen-bond acceptors (Lipinski definition) is 7. The van der Waals surface area contributed by atoms with E-state index in [0.29, 0.717) is 20.9 Å². The zero-order valence-corrected chi connectivity index (χ0v) is 19.0. The molecule has 0 aliphatic carbocycles. The number of nitrogens with zero attached hydrogens (tertiary/aromatic N) is 6. The monoisotopic (exact) mass is 436 g/mol. The van der Waals surface area contributed by atoms with Crippen molar-refractivity contribution in [1.82, 2.24) is 24.7 Å². The van der Waals surface area contributed by atoms with Gasteiger partial charge < -0.3 is 4.42 Å². The summed E-state index contributed by atoms with van der Waals surface area (Å²) in [7, 11) is 0.664. The zero-order chi connectivity index (χ0) is 20.8. The molecule has 1 aliphatic rings. The van der Waals surface area contributed by atoms with Crippen molar-refractivity contribution in [2.45, 2.75) is 33.2 Å². The number of aryl methyl sites for hydroxylation is 2. The number of rotatable bonds is 4. The summed E-state index contributed by atoms with van der Waals surface area (Å²) in [4.78, 5) is 15.4. The van der Waals surface area contributed by atoms with E-state index in [0.717, 1.165) is 38.9 Å². The second-order valence-electron chi connectivity index (χ2n) is 7.21. The minimum atomic E-state index is -0.258. The highest BCUT2D eigenvalue weighted by Crippen LogP contribution is 2.39. The first-order valence-corrected chi connectivity index (χ1v) is 12.0. The third kappa shape index (κ3) is 3.11. The van der Waals surface area contributed by atoms with Crippen molar-refractivity contribution >= 4 is 31.1 Å². The fourth-order valence-corrected chi connectivity index (χ4v) is 5.38. The second kappa shape index (κ2) is 7.52. The third-order valence-electron chi connectivity index (χ3n) is 5.38. The van der Waals surface area contributed by atoms with Crippen LogP contribution in [0.1, 0.15) is 45.1 Å². The molecule has 0 saturated heterocycles. The Morgan fingerprint density at radius 1 is 1.17 bits per heavy atom. The van der Waals surface area contributed by atoms with Gasteiger partial charge in [-0.25, -0.2) is 4.98 Å². The van der Waals surface area contributed by atoms with Crippen LogP contribution in [0, 0.1) is 20.8 Å². The number of aliphatic imine (C=N–C) groups is 1. The Labute approximate surface area is 180 Å². The van der Waals surface area contributed by atoms with Crippen LogP contribution in [0.25, 0.3) is 5.00 Å². The first-order chi connectivity index (χ1) is 14.6. The predicted molar refractivity (Wildman–Crippen MR) is 120 cm³/mol. The Balaban J connectivity index is 1.75. The van der Waals surface area contributed by atoms with E-state index in [-0.39, 0.29) is 6.04 Å². The average Bonchev–Trinajstić information content (AvgIpc) is 3.44. The maximum Gasteiger partial charge on any atom is 0.196 e. The number of thiophene rings is 1. The van der Waals surface area contributed by atoms with Crippen LogP contribution in [0.4, 0.5) is 0 Å². The van der Waals surface area contributed by atoms with Crippen LogP contribution in [-0.2, 0) is 6.42 Å². The summed E-state index contributed by atoms with van der Waals surface area (Å²) in [6, 6.07) is 3.95. The normalized spacial score (nSPS) is 15.9. The molecule has 0 spiro atoms. The topological polar surface area (TPSA) is 82.0 Å². The van der Waals surface area contributed by atoms with E-state index in [4.69, 9.17) is 9.41 Å². The first-order valence-electron chi connectivity index (χ1n) is 9.69. The summed E-state index contributed by atoms with van der Waals surface area (Å²) in [5, 5.41) is 9.97. The van der Waals surface area contributed by atoms with Gasteiger partial charge in [0.1, 0.15) is 23.1 Å². The first kappa shape index (κ1) is 19.3. The van der Waals surface area contributed by atoms with Crippen molar-refractivity contribution in [1.29, 1.82) is 0 Å². The number of fused-ring (bicyclic) bond motifs is 3. The lowest BCUT2D eigenvalue weighted by Gasteiger charge is -2.11. The molecule has 1 aliphatic heterocycles. The maximum absolute atomic E-state index is 5.52. The van der Waals surface area contributed by atoms with Crippen LogP contribution in [0.15, 0.2) is 40.2 Å². The van der Waals surface area contributed by atoms with Gasteiger partial charge in [0.2, 0.25) is 0 Å². The lowest BCUT2D eigenvalue weighted by Crippen LogP contribution is -2.11. The zero-order valence-electron chi connectivity index (χ0n) is 17.2. The summed E-state index contributed by atoms with van der Waals surface area (Å²) in [5.74, 6) is 2.29. The highest BCUT2D eigenvalue weighted by molar-refractivity contribution is 7.45. The Morgan fingerprint density at radius 2 is 2.03 bits per heavy atom. The standard InChI is InChI=1S/C21H21N6OPS/c1-11-12(2)30-21-18(11)19(14-5-6-17(29-4)23-10-14)24-15(9-16-22-7-8-28-16)20-26-25-13(3)27(20)21/h5-8,10,15,29H,9H2,1-4H3. The smallest absolute Gasteiger partial charge is 0.196 e. The van der Waals surface area contributed by atoms with Crippen LogP contribution in [0.2, 0.25) is 0 Å². The van der Waals surface area contributed by atoms with Crippen molar-refractivity contribution < 1.29 is 4.42 Å². The molecule has 0 radical (unpaired) electrons.